The van der Waals surface area contributed by atoms with E-state index in [1.165, 1.54) is 6.26 Å². The van der Waals surface area contributed by atoms with Gasteiger partial charge in [-0.15, -0.1) is 0 Å². The molecule has 11 heteroatoms. The minimum atomic E-state index is -3.46. The third-order valence-electron chi connectivity index (χ3n) is 5.53. The third-order valence-corrected chi connectivity index (χ3v) is 7.58. The fraction of sp³-hybridized carbons (Fsp3) is 0.611. The Labute approximate surface area is 169 Å². The minimum Gasteiger partial charge on any atom is -0.486 e. The number of aromatic amines is 1. The van der Waals surface area contributed by atoms with Crippen LogP contribution < -0.4 is 15.0 Å². The first-order chi connectivity index (χ1) is 13.7. The van der Waals surface area contributed by atoms with Crippen molar-refractivity contribution in [3.05, 3.63) is 23.8 Å². The molecular formula is C18H26N6O4S. The number of aromatic nitrogens is 4. The molecule has 2 aromatic heterocycles. The van der Waals surface area contributed by atoms with Gasteiger partial charge in [-0.3, -0.25) is 5.10 Å². The van der Waals surface area contributed by atoms with Gasteiger partial charge in [0.2, 0.25) is 0 Å². The molecule has 29 heavy (non-hydrogen) atoms. The van der Waals surface area contributed by atoms with Crippen LogP contribution in [-0.2, 0) is 25.9 Å². The number of H-pyrrole nitrogens is 1. The van der Waals surface area contributed by atoms with E-state index in [0.717, 1.165) is 5.82 Å². The van der Waals surface area contributed by atoms with Gasteiger partial charge in [0.15, 0.2) is 21.4 Å². The molecule has 4 heterocycles. The Kier molecular flexibility index (Phi) is 4.89. The van der Waals surface area contributed by atoms with E-state index in [1.54, 1.807) is 26.1 Å². The molecule has 0 unspecified atom stereocenters. The molecule has 4 rings (SSSR count). The van der Waals surface area contributed by atoms with Crippen LogP contribution in [0.1, 0.15) is 32.3 Å². The average Bonchev–Trinajstić information content (AvgIpc) is 3.18. The molecule has 0 bridgehead atoms. The highest BCUT2D eigenvalue weighted by Gasteiger charge is 2.43. The fourth-order valence-corrected chi connectivity index (χ4v) is 4.06. The van der Waals surface area contributed by atoms with E-state index < -0.39 is 14.6 Å². The molecule has 2 aromatic rings. The summed E-state index contributed by atoms with van der Waals surface area (Å²) in [7, 11) is -3.46. The Morgan fingerprint density at radius 3 is 2.79 bits per heavy atom. The van der Waals surface area contributed by atoms with Crippen LogP contribution in [0, 0.1) is 0 Å². The zero-order valence-electron chi connectivity index (χ0n) is 17.0. The highest BCUT2D eigenvalue weighted by Crippen LogP contribution is 2.43. The SMILES string of the molecule is C[C@@H]1COC[C@H]2COc3c(nc(CNc4ccn[nH]4)nc3C(C)(C)S(C)(=O)=O)N21. The lowest BCUT2D eigenvalue weighted by atomic mass is 10.0. The summed E-state index contributed by atoms with van der Waals surface area (Å²) in [5, 5.41) is 9.91. The van der Waals surface area contributed by atoms with Crippen molar-refractivity contribution in [2.24, 2.45) is 0 Å². The van der Waals surface area contributed by atoms with Gasteiger partial charge in [0.1, 0.15) is 28.7 Å². The monoisotopic (exact) mass is 422 g/mol. The standard InChI is InChI=1S/C18H26N6O4S/c1-11-8-27-9-12-10-28-15-16(18(2,3)29(4,25)26)21-14(22-17(15)24(11)12)7-19-13-5-6-20-23-13/h5-6,11-12H,7-10H2,1-4H3,(H2,19,20,23)/t11-,12+/m1/s1. The maximum absolute atomic E-state index is 12.6. The Morgan fingerprint density at radius 2 is 2.10 bits per heavy atom. The zero-order valence-corrected chi connectivity index (χ0v) is 17.8. The van der Waals surface area contributed by atoms with Crippen LogP contribution >= 0.6 is 0 Å². The summed E-state index contributed by atoms with van der Waals surface area (Å²) in [6.07, 6.45) is 2.86. The maximum atomic E-state index is 12.6. The van der Waals surface area contributed by atoms with Crippen LogP contribution in [0.5, 0.6) is 5.75 Å². The van der Waals surface area contributed by atoms with Gasteiger partial charge in [0.25, 0.3) is 0 Å². The number of hydrogen-bond acceptors (Lipinski definition) is 9. The average molecular weight is 423 g/mol. The van der Waals surface area contributed by atoms with Crippen LogP contribution in [-0.4, -0.2) is 66.7 Å². The maximum Gasteiger partial charge on any atom is 0.185 e. The second-order valence-corrected chi connectivity index (χ2v) is 10.6. The van der Waals surface area contributed by atoms with Crippen LogP contribution in [0.4, 0.5) is 11.6 Å². The second-order valence-electron chi connectivity index (χ2n) is 8.01. The molecule has 1 fully saturated rings. The molecule has 0 radical (unpaired) electrons. The van der Waals surface area contributed by atoms with Crippen molar-refractivity contribution in [3.8, 4) is 5.75 Å². The van der Waals surface area contributed by atoms with E-state index in [9.17, 15) is 8.42 Å². The van der Waals surface area contributed by atoms with Crippen LogP contribution in [0.3, 0.4) is 0 Å². The molecule has 0 spiro atoms. The number of ether oxygens (including phenoxy) is 2. The van der Waals surface area contributed by atoms with Crippen molar-refractivity contribution < 1.29 is 17.9 Å². The topological polar surface area (TPSA) is 122 Å². The molecule has 10 nitrogen and oxygen atoms in total. The molecule has 1 saturated heterocycles. The van der Waals surface area contributed by atoms with Gasteiger partial charge in [-0.1, -0.05) is 0 Å². The normalized spacial score (nSPS) is 21.9. The second kappa shape index (κ2) is 7.13. The van der Waals surface area contributed by atoms with E-state index in [2.05, 4.69) is 32.3 Å². The number of fused-ring (bicyclic) bond motifs is 3. The summed E-state index contributed by atoms with van der Waals surface area (Å²) < 4.78 is 35.6. The minimum absolute atomic E-state index is 0.0313. The number of rotatable bonds is 5. The zero-order chi connectivity index (χ0) is 20.8. The smallest absolute Gasteiger partial charge is 0.185 e. The van der Waals surface area contributed by atoms with Crippen molar-refractivity contribution >= 4 is 21.5 Å². The molecule has 158 valence electrons. The Bertz CT molecular complexity index is 992. The van der Waals surface area contributed by atoms with Crippen molar-refractivity contribution in [1.82, 2.24) is 20.2 Å². The molecule has 2 aliphatic rings. The number of nitrogens with zero attached hydrogens (tertiary/aromatic N) is 4. The van der Waals surface area contributed by atoms with Crippen LogP contribution in [0.2, 0.25) is 0 Å². The van der Waals surface area contributed by atoms with Crippen molar-refractivity contribution in [2.45, 2.75) is 44.1 Å². The van der Waals surface area contributed by atoms with Gasteiger partial charge in [0.05, 0.1) is 38.0 Å². The lowest BCUT2D eigenvalue weighted by Crippen LogP contribution is -2.56. The predicted octanol–water partition coefficient (Wildman–Crippen LogP) is 1.08. The fourth-order valence-electron chi connectivity index (χ4n) is 3.57. The summed E-state index contributed by atoms with van der Waals surface area (Å²) in [6, 6.07) is 1.92. The summed E-state index contributed by atoms with van der Waals surface area (Å²) in [5.41, 5.74) is 0.378. The Balaban J connectivity index is 1.82. The highest BCUT2D eigenvalue weighted by molar-refractivity contribution is 7.91. The molecule has 0 amide bonds. The number of sulfone groups is 1. The van der Waals surface area contributed by atoms with Gasteiger partial charge >= 0.3 is 0 Å². The van der Waals surface area contributed by atoms with Crippen molar-refractivity contribution in [2.75, 3.05) is 36.3 Å². The Morgan fingerprint density at radius 1 is 1.31 bits per heavy atom. The molecule has 2 N–H and O–H groups in total. The first kappa shape index (κ1) is 19.9. The molecular weight excluding hydrogens is 396 g/mol. The van der Waals surface area contributed by atoms with Gasteiger partial charge < -0.3 is 19.7 Å². The number of hydrogen-bond donors (Lipinski definition) is 2. The first-order valence-corrected chi connectivity index (χ1v) is 11.4. The Hall–Kier alpha value is -2.40. The van der Waals surface area contributed by atoms with Crippen molar-refractivity contribution in [1.29, 1.82) is 0 Å². The molecule has 2 atom stereocenters. The summed E-state index contributed by atoms with van der Waals surface area (Å²) >= 11 is 0. The lowest BCUT2D eigenvalue weighted by molar-refractivity contribution is 0.0481. The van der Waals surface area contributed by atoms with E-state index in [4.69, 9.17) is 14.5 Å². The van der Waals surface area contributed by atoms with Gasteiger partial charge in [-0.25, -0.2) is 18.4 Å². The van der Waals surface area contributed by atoms with Crippen LogP contribution in [0.15, 0.2) is 12.3 Å². The lowest BCUT2D eigenvalue weighted by Gasteiger charge is -2.45. The summed E-state index contributed by atoms with van der Waals surface area (Å²) in [4.78, 5) is 11.5. The summed E-state index contributed by atoms with van der Waals surface area (Å²) in [6.45, 7) is 7.19. The first-order valence-electron chi connectivity index (χ1n) is 9.51. The van der Waals surface area contributed by atoms with E-state index >= 15 is 0 Å². The van der Waals surface area contributed by atoms with Gasteiger partial charge in [-0.05, 0) is 26.8 Å². The van der Waals surface area contributed by atoms with E-state index in [-0.39, 0.29) is 12.1 Å². The highest BCUT2D eigenvalue weighted by atomic mass is 32.2. The van der Waals surface area contributed by atoms with E-state index in [0.29, 0.717) is 49.5 Å². The van der Waals surface area contributed by atoms with Gasteiger partial charge in [0, 0.05) is 6.26 Å². The molecule has 0 aromatic carbocycles. The number of anilines is 2. The predicted molar refractivity (Wildman–Crippen MR) is 108 cm³/mol. The molecule has 2 aliphatic heterocycles. The number of nitrogens with one attached hydrogen (secondary N) is 2. The quantitative estimate of drug-likeness (QED) is 0.728. The number of morpholine rings is 1. The van der Waals surface area contributed by atoms with Gasteiger partial charge in [-0.2, -0.15) is 5.10 Å². The molecule has 0 saturated carbocycles. The van der Waals surface area contributed by atoms with Crippen molar-refractivity contribution in [3.63, 3.8) is 0 Å². The largest absolute Gasteiger partial charge is 0.486 e. The van der Waals surface area contributed by atoms with Crippen LogP contribution in [0.25, 0.3) is 0 Å². The van der Waals surface area contributed by atoms with E-state index in [1.807, 2.05) is 0 Å². The summed E-state index contributed by atoms with van der Waals surface area (Å²) in [5.74, 6) is 2.27. The third kappa shape index (κ3) is 3.52. The molecule has 0 aliphatic carbocycles.